The molecule has 0 bridgehead atoms. The number of amides is 1. The third-order valence-corrected chi connectivity index (χ3v) is 5.20. The van der Waals surface area contributed by atoms with Gasteiger partial charge in [0, 0.05) is 37.8 Å². The molecule has 1 aromatic carbocycles. The summed E-state index contributed by atoms with van der Waals surface area (Å²) in [6.07, 6.45) is 1.02. The van der Waals surface area contributed by atoms with Gasteiger partial charge in [0.25, 0.3) is 5.69 Å². The number of aryl methyl sites for hydroxylation is 1. The van der Waals surface area contributed by atoms with Crippen LogP contribution in [-0.4, -0.2) is 32.6 Å². The number of rotatable bonds is 8. The Bertz CT molecular complexity index is 857. The molecular weight excluding hydrogens is 356 g/mol. The molecule has 0 saturated carbocycles. The molecule has 0 radical (unpaired) electrons. The second-order valence-electron chi connectivity index (χ2n) is 7.76. The van der Waals surface area contributed by atoms with Crippen molar-refractivity contribution in [1.82, 2.24) is 14.7 Å². The highest BCUT2D eigenvalue weighted by molar-refractivity contribution is 5.76. The van der Waals surface area contributed by atoms with Crippen molar-refractivity contribution in [3.63, 3.8) is 0 Å². The number of nitrogens with zero attached hydrogens (tertiary/aromatic N) is 4. The van der Waals surface area contributed by atoms with Crippen LogP contribution in [0.2, 0.25) is 0 Å². The highest BCUT2D eigenvalue weighted by Crippen LogP contribution is 2.24. The van der Waals surface area contributed by atoms with E-state index >= 15 is 0 Å². The van der Waals surface area contributed by atoms with E-state index in [0.29, 0.717) is 18.8 Å². The van der Waals surface area contributed by atoms with Crippen LogP contribution in [0.5, 0.6) is 0 Å². The summed E-state index contributed by atoms with van der Waals surface area (Å²) in [5.74, 6) is 0.517. The van der Waals surface area contributed by atoms with Gasteiger partial charge in [-0.3, -0.25) is 19.6 Å². The van der Waals surface area contributed by atoms with Gasteiger partial charge in [-0.1, -0.05) is 26.0 Å². The molecule has 1 heterocycles. The van der Waals surface area contributed by atoms with E-state index in [1.165, 1.54) is 12.1 Å². The van der Waals surface area contributed by atoms with E-state index in [0.717, 1.165) is 29.1 Å². The zero-order valence-corrected chi connectivity index (χ0v) is 17.6. The van der Waals surface area contributed by atoms with E-state index in [1.54, 1.807) is 18.0 Å². The van der Waals surface area contributed by atoms with Crippen molar-refractivity contribution in [2.24, 2.45) is 5.92 Å². The Kier molecular flexibility index (Phi) is 6.94. The monoisotopic (exact) mass is 386 g/mol. The van der Waals surface area contributed by atoms with Gasteiger partial charge in [0.15, 0.2) is 0 Å². The summed E-state index contributed by atoms with van der Waals surface area (Å²) in [6.45, 7) is 11.1. The first kappa shape index (κ1) is 21.6. The zero-order chi connectivity index (χ0) is 21.0. The van der Waals surface area contributed by atoms with E-state index in [4.69, 9.17) is 0 Å². The lowest BCUT2D eigenvalue weighted by atomic mass is 10.0. The Morgan fingerprint density at radius 1 is 1.29 bits per heavy atom. The SMILES string of the molecule is Cc1nn(CC(C)C)c(C)c1CCC(=O)N(C)[C@@H](C)c1cccc([N+](=O)[O-])c1. The van der Waals surface area contributed by atoms with Gasteiger partial charge >= 0.3 is 0 Å². The van der Waals surface area contributed by atoms with E-state index in [-0.39, 0.29) is 17.6 Å². The third-order valence-electron chi connectivity index (χ3n) is 5.20. The number of carbonyl (C=O) groups is 1. The van der Waals surface area contributed by atoms with Gasteiger partial charge in [-0.15, -0.1) is 0 Å². The molecule has 0 saturated heterocycles. The minimum Gasteiger partial charge on any atom is -0.339 e. The molecule has 28 heavy (non-hydrogen) atoms. The van der Waals surface area contributed by atoms with Gasteiger partial charge in [0.1, 0.15) is 0 Å². The second-order valence-corrected chi connectivity index (χ2v) is 7.76. The number of aromatic nitrogens is 2. The Morgan fingerprint density at radius 3 is 2.57 bits per heavy atom. The van der Waals surface area contributed by atoms with Crippen molar-refractivity contribution >= 4 is 11.6 Å². The number of benzene rings is 1. The molecular formula is C21H30N4O3. The van der Waals surface area contributed by atoms with E-state index < -0.39 is 4.92 Å². The van der Waals surface area contributed by atoms with Crippen LogP contribution in [0, 0.1) is 29.9 Å². The van der Waals surface area contributed by atoms with Crippen molar-refractivity contribution in [3.05, 3.63) is 56.9 Å². The maximum absolute atomic E-state index is 12.7. The summed E-state index contributed by atoms with van der Waals surface area (Å²) in [5, 5.41) is 15.6. The minimum absolute atomic E-state index is 0.00872. The summed E-state index contributed by atoms with van der Waals surface area (Å²) in [4.78, 5) is 24.9. The molecule has 0 aliphatic rings. The molecule has 7 nitrogen and oxygen atoms in total. The molecule has 0 unspecified atom stereocenters. The van der Waals surface area contributed by atoms with Crippen molar-refractivity contribution in [3.8, 4) is 0 Å². The molecule has 0 fully saturated rings. The second kappa shape index (κ2) is 8.99. The maximum atomic E-state index is 12.7. The fraction of sp³-hybridized carbons (Fsp3) is 0.524. The number of nitro groups is 1. The van der Waals surface area contributed by atoms with Gasteiger partial charge in [-0.25, -0.2) is 0 Å². The normalized spacial score (nSPS) is 12.2. The molecule has 2 aromatic rings. The van der Waals surface area contributed by atoms with Crippen LogP contribution in [0.4, 0.5) is 5.69 Å². The highest BCUT2D eigenvalue weighted by Gasteiger charge is 2.20. The van der Waals surface area contributed by atoms with Crippen LogP contribution < -0.4 is 0 Å². The van der Waals surface area contributed by atoms with Crippen LogP contribution in [0.25, 0.3) is 0 Å². The standard InChI is InChI=1S/C21H30N4O3/c1-14(2)13-24-17(5)20(15(3)22-24)10-11-21(26)23(6)16(4)18-8-7-9-19(12-18)25(27)28/h7-9,12,14,16H,10-11,13H2,1-6H3/t16-/m0/s1. The van der Waals surface area contributed by atoms with Crippen molar-refractivity contribution in [2.75, 3.05) is 7.05 Å². The predicted octanol–water partition coefficient (Wildman–Crippen LogP) is 4.22. The molecule has 0 aliphatic heterocycles. The fourth-order valence-electron chi connectivity index (χ4n) is 3.37. The summed E-state index contributed by atoms with van der Waals surface area (Å²) in [7, 11) is 1.74. The van der Waals surface area contributed by atoms with Crippen LogP contribution in [-0.2, 0) is 17.8 Å². The largest absolute Gasteiger partial charge is 0.339 e. The molecule has 1 amide bonds. The smallest absolute Gasteiger partial charge is 0.269 e. The fourth-order valence-corrected chi connectivity index (χ4v) is 3.37. The predicted molar refractivity (Wildman–Crippen MR) is 109 cm³/mol. The van der Waals surface area contributed by atoms with Gasteiger partial charge in [-0.2, -0.15) is 5.10 Å². The van der Waals surface area contributed by atoms with Gasteiger partial charge in [0.05, 0.1) is 16.7 Å². The Morgan fingerprint density at radius 2 is 1.96 bits per heavy atom. The first-order chi connectivity index (χ1) is 13.1. The quantitative estimate of drug-likeness (QED) is 0.502. The number of hydrogen-bond donors (Lipinski definition) is 0. The molecule has 2 rings (SSSR count). The van der Waals surface area contributed by atoms with Crippen LogP contribution in [0.1, 0.15) is 55.7 Å². The Labute approximate surface area is 166 Å². The average Bonchev–Trinajstić information content (AvgIpc) is 2.91. The third kappa shape index (κ3) is 4.97. The number of hydrogen-bond acceptors (Lipinski definition) is 4. The lowest BCUT2D eigenvalue weighted by Crippen LogP contribution is -2.29. The topological polar surface area (TPSA) is 81.3 Å². The number of nitro benzene ring substituents is 1. The van der Waals surface area contributed by atoms with Crippen molar-refractivity contribution in [1.29, 1.82) is 0 Å². The lowest BCUT2D eigenvalue weighted by molar-refractivity contribution is -0.384. The molecule has 1 atom stereocenters. The highest BCUT2D eigenvalue weighted by atomic mass is 16.6. The molecule has 7 heteroatoms. The van der Waals surface area contributed by atoms with Gasteiger partial charge in [-0.05, 0) is 44.2 Å². The van der Waals surface area contributed by atoms with Gasteiger partial charge in [0.2, 0.25) is 5.91 Å². The van der Waals surface area contributed by atoms with E-state index in [1.807, 2.05) is 24.6 Å². The van der Waals surface area contributed by atoms with Gasteiger partial charge < -0.3 is 4.90 Å². The van der Waals surface area contributed by atoms with Crippen molar-refractivity contribution < 1.29 is 9.72 Å². The Hall–Kier alpha value is -2.70. The summed E-state index contributed by atoms with van der Waals surface area (Å²) in [6, 6.07) is 6.21. The molecule has 0 N–H and O–H groups in total. The zero-order valence-electron chi connectivity index (χ0n) is 17.6. The lowest BCUT2D eigenvalue weighted by Gasteiger charge is -2.25. The molecule has 152 valence electrons. The summed E-state index contributed by atoms with van der Waals surface area (Å²) >= 11 is 0. The van der Waals surface area contributed by atoms with Crippen LogP contribution in [0.15, 0.2) is 24.3 Å². The minimum atomic E-state index is -0.418. The Balaban J connectivity index is 2.06. The average molecular weight is 386 g/mol. The first-order valence-electron chi connectivity index (χ1n) is 9.64. The van der Waals surface area contributed by atoms with Crippen LogP contribution >= 0.6 is 0 Å². The first-order valence-corrected chi connectivity index (χ1v) is 9.64. The van der Waals surface area contributed by atoms with E-state index in [9.17, 15) is 14.9 Å². The maximum Gasteiger partial charge on any atom is 0.269 e. The summed E-state index contributed by atoms with van der Waals surface area (Å²) < 4.78 is 2.02. The molecule has 1 aromatic heterocycles. The number of non-ortho nitro benzene ring substituents is 1. The van der Waals surface area contributed by atoms with Crippen LogP contribution in [0.3, 0.4) is 0 Å². The number of carbonyl (C=O) groups excluding carboxylic acids is 1. The molecule has 0 spiro atoms. The van der Waals surface area contributed by atoms with Crippen molar-refractivity contribution in [2.45, 2.75) is 60.0 Å². The molecule has 0 aliphatic carbocycles. The summed E-state index contributed by atoms with van der Waals surface area (Å²) in [5.41, 5.74) is 4.01. The van der Waals surface area contributed by atoms with E-state index in [2.05, 4.69) is 25.9 Å².